The lowest BCUT2D eigenvalue weighted by atomic mass is 10.1. The van der Waals surface area contributed by atoms with Crippen molar-refractivity contribution in [2.24, 2.45) is 5.92 Å². The van der Waals surface area contributed by atoms with Crippen LogP contribution in [0.3, 0.4) is 0 Å². The summed E-state index contributed by atoms with van der Waals surface area (Å²) in [5.41, 5.74) is 0. The Kier molecular flexibility index (Phi) is 3.34. The maximum Gasteiger partial charge on any atom is 0.233 e. The van der Waals surface area contributed by atoms with Crippen molar-refractivity contribution in [2.75, 3.05) is 32.1 Å². The smallest absolute Gasteiger partial charge is 0.233 e. The van der Waals surface area contributed by atoms with E-state index in [4.69, 9.17) is 4.74 Å². The summed E-state index contributed by atoms with van der Waals surface area (Å²) in [6.45, 7) is 3.15. The molecule has 1 unspecified atom stereocenters. The van der Waals surface area contributed by atoms with E-state index >= 15 is 0 Å². The Bertz CT molecular complexity index is 312. The molecular formula is C10H16N4O. The van der Waals surface area contributed by atoms with E-state index in [2.05, 4.69) is 20.6 Å². The van der Waals surface area contributed by atoms with Gasteiger partial charge in [-0.1, -0.05) is 0 Å². The highest BCUT2D eigenvalue weighted by atomic mass is 16.5. The van der Waals surface area contributed by atoms with Crippen molar-refractivity contribution in [3.8, 4) is 5.88 Å². The maximum absolute atomic E-state index is 5.00. The highest BCUT2D eigenvalue weighted by Gasteiger charge is 2.13. The van der Waals surface area contributed by atoms with E-state index in [0.717, 1.165) is 25.5 Å². The number of anilines is 1. The van der Waals surface area contributed by atoms with E-state index in [1.807, 2.05) is 0 Å². The second-order valence-electron chi connectivity index (χ2n) is 3.69. The number of nitrogens with one attached hydrogen (secondary N) is 2. The van der Waals surface area contributed by atoms with Crippen LogP contribution in [-0.2, 0) is 0 Å². The molecule has 0 aromatic carbocycles. The number of hydrogen-bond acceptors (Lipinski definition) is 5. The Hall–Kier alpha value is -1.36. The molecule has 1 atom stereocenters. The molecule has 2 rings (SSSR count). The molecule has 5 nitrogen and oxygen atoms in total. The summed E-state index contributed by atoms with van der Waals surface area (Å²) in [7, 11) is 1.59. The lowest BCUT2D eigenvalue weighted by Crippen LogP contribution is -2.17. The minimum atomic E-state index is 0.546. The first-order valence-electron chi connectivity index (χ1n) is 5.19. The second kappa shape index (κ2) is 4.93. The lowest BCUT2D eigenvalue weighted by molar-refractivity contribution is 0.396. The Morgan fingerprint density at radius 3 is 3.27 bits per heavy atom. The van der Waals surface area contributed by atoms with E-state index in [9.17, 15) is 0 Å². The lowest BCUT2D eigenvalue weighted by Gasteiger charge is -2.10. The van der Waals surface area contributed by atoms with Gasteiger partial charge < -0.3 is 15.4 Å². The molecule has 2 N–H and O–H groups in total. The summed E-state index contributed by atoms with van der Waals surface area (Å²) in [4.78, 5) is 8.27. The van der Waals surface area contributed by atoms with Gasteiger partial charge in [0.15, 0.2) is 0 Å². The van der Waals surface area contributed by atoms with Crippen LogP contribution in [0.4, 0.5) is 5.82 Å². The molecule has 0 saturated carbocycles. The molecule has 1 aliphatic heterocycles. The van der Waals surface area contributed by atoms with Crippen molar-refractivity contribution in [1.29, 1.82) is 0 Å². The van der Waals surface area contributed by atoms with E-state index in [-0.39, 0.29) is 0 Å². The highest BCUT2D eigenvalue weighted by Crippen LogP contribution is 2.11. The van der Waals surface area contributed by atoms with Gasteiger partial charge in [-0.25, -0.2) is 0 Å². The zero-order valence-electron chi connectivity index (χ0n) is 8.86. The third-order valence-electron chi connectivity index (χ3n) is 2.56. The van der Waals surface area contributed by atoms with Crippen LogP contribution in [0, 0.1) is 5.92 Å². The van der Waals surface area contributed by atoms with Gasteiger partial charge in [0.05, 0.1) is 19.5 Å². The molecule has 2 heterocycles. The SMILES string of the molecule is COc1cncc(NCC2CCNC2)n1. The Balaban J connectivity index is 1.86. The molecule has 0 bridgehead atoms. The molecule has 0 aliphatic carbocycles. The average molecular weight is 208 g/mol. The van der Waals surface area contributed by atoms with Crippen molar-refractivity contribution >= 4 is 5.82 Å². The highest BCUT2D eigenvalue weighted by molar-refractivity contribution is 5.33. The number of rotatable bonds is 4. The van der Waals surface area contributed by atoms with Crippen molar-refractivity contribution in [1.82, 2.24) is 15.3 Å². The van der Waals surface area contributed by atoms with Gasteiger partial charge in [-0.2, -0.15) is 4.98 Å². The standard InChI is InChI=1S/C10H16N4O/c1-15-10-7-12-6-9(14-10)13-5-8-2-3-11-4-8/h6-8,11H,2-5H2,1H3,(H,13,14). The van der Waals surface area contributed by atoms with Crippen LogP contribution in [-0.4, -0.2) is 36.7 Å². The van der Waals surface area contributed by atoms with Crippen LogP contribution in [0.15, 0.2) is 12.4 Å². The normalized spacial score (nSPS) is 20.2. The molecule has 5 heteroatoms. The van der Waals surface area contributed by atoms with Crippen LogP contribution in [0.5, 0.6) is 5.88 Å². The van der Waals surface area contributed by atoms with Gasteiger partial charge in [0.2, 0.25) is 5.88 Å². The van der Waals surface area contributed by atoms with E-state index in [0.29, 0.717) is 11.8 Å². The third kappa shape index (κ3) is 2.79. The predicted molar refractivity (Wildman–Crippen MR) is 58.1 cm³/mol. The van der Waals surface area contributed by atoms with Crippen molar-refractivity contribution in [3.05, 3.63) is 12.4 Å². The fourth-order valence-corrected chi connectivity index (χ4v) is 1.67. The largest absolute Gasteiger partial charge is 0.480 e. The van der Waals surface area contributed by atoms with Crippen LogP contribution in [0.25, 0.3) is 0 Å². The van der Waals surface area contributed by atoms with Gasteiger partial charge in [0, 0.05) is 6.54 Å². The van der Waals surface area contributed by atoms with Gasteiger partial charge >= 0.3 is 0 Å². The van der Waals surface area contributed by atoms with Crippen molar-refractivity contribution in [2.45, 2.75) is 6.42 Å². The molecule has 1 aliphatic rings. The number of hydrogen-bond donors (Lipinski definition) is 2. The van der Waals surface area contributed by atoms with Gasteiger partial charge in [-0.15, -0.1) is 0 Å². The molecule has 82 valence electrons. The first kappa shape index (κ1) is 10.2. The Morgan fingerprint density at radius 1 is 1.60 bits per heavy atom. The fraction of sp³-hybridized carbons (Fsp3) is 0.600. The van der Waals surface area contributed by atoms with Crippen molar-refractivity contribution in [3.63, 3.8) is 0 Å². The molecule has 1 aromatic rings. The molecule has 0 radical (unpaired) electrons. The minimum Gasteiger partial charge on any atom is -0.480 e. The minimum absolute atomic E-state index is 0.546. The summed E-state index contributed by atoms with van der Waals surface area (Å²) in [5, 5.41) is 6.60. The monoisotopic (exact) mass is 208 g/mol. The first-order chi connectivity index (χ1) is 7.38. The molecule has 0 spiro atoms. The fourth-order valence-electron chi connectivity index (χ4n) is 1.67. The van der Waals surface area contributed by atoms with Gasteiger partial charge in [0.1, 0.15) is 5.82 Å². The van der Waals surface area contributed by atoms with Crippen LogP contribution in [0.1, 0.15) is 6.42 Å². The van der Waals surface area contributed by atoms with Crippen LogP contribution >= 0.6 is 0 Å². The Morgan fingerprint density at radius 2 is 2.53 bits per heavy atom. The number of ether oxygens (including phenoxy) is 1. The first-order valence-corrected chi connectivity index (χ1v) is 5.19. The summed E-state index contributed by atoms with van der Waals surface area (Å²) in [6.07, 6.45) is 4.54. The summed E-state index contributed by atoms with van der Waals surface area (Å²) < 4.78 is 5.00. The van der Waals surface area contributed by atoms with E-state index in [1.165, 1.54) is 6.42 Å². The zero-order valence-corrected chi connectivity index (χ0v) is 8.86. The van der Waals surface area contributed by atoms with Gasteiger partial charge in [-0.05, 0) is 25.4 Å². The second-order valence-corrected chi connectivity index (χ2v) is 3.69. The average Bonchev–Trinajstić information content (AvgIpc) is 2.79. The van der Waals surface area contributed by atoms with Gasteiger partial charge in [-0.3, -0.25) is 4.98 Å². The maximum atomic E-state index is 5.00. The predicted octanol–water partition coefficient (Wildman–Crippen LogP) is 0.507. The Labute approximate surface area is 89.3 Å². The zero-order chi connectivity index (χ0) is 10.5. The molecule has 15 heavy (non-hydrogen) atoms. The molecule has 1 aromatic heterocycles. The van der Waals surface area contributed by atoms with Crippen molar-refractivity contribution < 1.29 is 4.74 Å². The topological polar surface area (TPSA) is 59.1 Å². The number of aromatic nitrogens is 2. The van der Waals surface area contributed by atoms with E-state index < -0.39 is 0 Å². The molecular weight excluding hydrogens is 192 g/mol. The third-order valence-corrected chi connectivity index (χ3v) is 2.56. The van der Waals surface area contributed by atoms with Gasteiger partial charge in [0.25, 0.3) is 0 Å². The summed E-state index contributed by atoms with van der Waals surface area (Å²) in [6, 6.07) is 0. The number of nitrogens with zero attached hydrogens (tertiary/aromatic N) is 2. The summed E-state index contributed by atoms with van der Waals surface area (Å²) in [5.74, 6) is 2.02. The quantitative estimate of drug-likeness (QED) is 0.755. The van der Waals surface area contributed by atoms with Crippen LogP contribution < -0.4 is 15.4 Å². The summed E-state index contributed by atoms with van der Waals surface area (Å²) >= 11 is 0. The number of methoxy groups -OCH3 is 1. The van der Waals surface area contributed by atoms with E-state index in [1.54, 1.807) is 19.5 Å². The molecule has 1 saturated heterocycles. The molecule has 1 fully saturated rings. The van der Waals surface area contributed by atoms with Crippen LogP contribution in [0.2, 0.25) is 0 Å². The molecule has 0 amide bonds.